The number of halogens is 1. The SMILES string of the molecule is O=C(Cc1cccnc1Br)NCC1CCCO1. The van der Waals surface area contributed by atoms with Crippen molar-refractivity contribution in [1.29, 1.82) is 0 Å². The second-order valence-electron chi connectivity index (χ2n) is 4.07. The van der Waals surface area contributed by atoms with Crippen LogP contribution >= 0.6 is 15.9 Å². The second kappa shape index (κ2) is 6.12. The Morgan fingerprint density at radius 3 is 3.24 bits per heavy atom. The molecule has 1 aliphatic rings. The lowest BCUT2D eigenvalue weighted by Crippen LogP contribution is -2.32. The summed E-state index contributed by atoms with van der Waals surface area (Å²) in [7, 11) is 0. The van der Waals surface area contributed by atoms with Gasteiger partial charge in [-0.15, -0.1) is 0 Å². The van der Waals surface area contributed by atoms with Gasteiger partial charge in [0, 0.05) is 19.3 Å². The molecule has 1 saturated heterocycles. The van der Waals surface area contributed by atoms with E-state index in [1.807, 2.05) is 12.1 Å². The molecule has 0 spiro atoms. The van der Waals surface area contributed by atoms with Gasteiger partial charge in [-0.2, -0.15) is 0 Å². The van der Waals surface area contributed by atoms with Gasteiger partial charge in [-0.1, -0.05) is 6.07 Å². The Morgan fingerprint density at radius 1 is 1.65 bits per heavy atom. The first-order valence-corrected chi connectivity index (χ1v) is 6.52. The molecule has 2 rings (SSSR count). The maximum Gasteiger partial charge on any atom is 0.224 e. The van der Waals surface area contributed by atoms with Crippen molar-refractivity contribution in [2.75, 3.05) is 13.2 Å². The van der Waals surface area contributed by atoms with Crippen LogP contribution in [0.5, 0.6) is 0 Å². The number of aromatic nitrogens is 1. The van der Waals surface area contributed by atoms with Crippen molar-refractivity contribution in [1.82, 2.24) is 10.3 Å². The van der Waals surface area contributed by atoms with Gasteiger partial charge in [-0.3, -0.25) is 4.79 Å². The van der Waals surface area contributed by atoms with Crippen molar-refractivity contribution < 1.29 is 9.53 Å². The van der Waals surface area contributed by atoms with E-state index in [-0.39, 0.29) is 12.0 Å². The number of amides is 1. The van der Waals surface area contributed by atoms with E-state index in [9.17, 15) is 4.79 Å². The molecule has 5 heteroatoms. The lowest BCUT2D eigenvalue weighted by Gasteiger charge is -2.10. The Hall–Kier alpha value is -0.940. The summed E-state index contributed by atoms with van der Waals surface area (Å²) in [4.78, 5) is 15.8. The minimum atomic E-state index is 0.00852. The summed E-state index contributed by atoms with van der Waals surface area (Å²) >= 11 is 3.33. The molecule has 1 N–H and O–H groups in total. The molecular formula is C12H15BrN2O2. The average molecular weight is 299 g/mol. The molecule has 2 heterocycles. The van der Waals surface area contributed by atoms with E-state index < -0.39 is 0 Å². The molecule has 1 fully saturated rings. The molecule has 1 amide bonds. The lowest BCUT2D eigenvalue weighted by atomic mass is 10.2. The molecule has 0 aliphatic carbocycles. The van der Waals surface area contributed by atoms with Crippen molar-refractivity contribution in [3.05, 3.63) is 28.5 Å². The standard InChI is InChI=1S/C12H15BrN2O2/c13-12-9(3-1-5-14-12)7-11(16)15-8-10-4-2-6-17-10/h1,3,5,10H,2,4,6-8H2,(H,15,16). The van der Waals surface area contributed by atoms with Gasteiger partial charge in [0.1, 0.15) is 4.60 Å². The van der Waals surface area contributed by atoms with Crippen LogP contribution in [0.2, 0.25) is 0 Å². The first-order valence-electron chi connectivity index (χ1n) is 5.73. The Morgan fingerprint density at radius 2 is 2.53 bits per heavy atom. The van der Waals surface area contributed by atoms with Gasteiger partial charge in [0.25, 0.3) is 0 Å². The van der Waals surface area contributed by atoms with E-state index in [1.54, 1.807) is 6.20 Å². The number of ether oxygens (including phenoxy) is 1. The van der Waals surface area contributed by atoms with Crippen LogP contribution in [-0.4, -0.2) is 30.1 Å². The fourth-order valence-corrected chi connectivity index (χ4v) is 2.21. The number of carbonyl (C=O) groups excluding carboxylic acids is 1. The molecule has 0 bridgehead atoms. The van der Waals surface area contributed by atoms with E-state index in [4.69, 9.17) is 4.74 Å². The van der Waals surface area contributed by atoms with Gasteiger partial charge in [-0.05, 0) is 40.4 Å². The summed E-state index contributed by atoms with van der Waals surface area (Å²) in [6, 6.07) is 3.72. The van der Waals surface area contributed by atoms with Crippen LogP contribution in [0.4, 0.5) is 0 Å². The third-order valence-electron chi connectivity index (χ3n) is 2.74. The van der Waals surface area contributed by atoms with Gasteiger partial charge >= 0.3 is 0 Å². The highest BCUT2D eigenvalue weighted by Crippen LogP contribution is 2.13. The summed E-state index contributed by atoms with van der Waals surface area (Å²) in [5, 5.41) is 2.89. The van der Waals surface area contributed by atoms with E-state index in [2.05, 4.69) is 26.2 Å². The molecule has 4 nitrogen and oxygen atoms in total. The molecule has 92 valence electrons. The molecular weight excluding hydrogens is 284 g/mol. The Labute approximate surface area is 109 Å². The molecule has 1 aromatic heterocycles. The first-order chi connectivity index (χ1) is 8.25. The fraction of sp³-hybridized carbons (Fsp3) is 0.500. The number of nitrogens with one attached hydrogen (secondary N) is 1. The predicted molar refractivity (Wildman–Crippen MR) is 67.6 cm³/mol. The van der Waals surface area contributed by atoms with Crippen LogP contribution in [-0.2, 0) is 16.0 Å². The van der Waals surface area contributed by atoms with E-state index >= 15 is 0 Å². The quantitative estimate of drug-likeness (QED) is 0.861. The minimum Gasteiger partial charge on any atom is -0.376 e. The molecule has 0 radical (unpaired) electrons. The van der Waals surface area contributed by atoms with Crippen LogP contribution < -0.4 is 5.32 Å². The van der Waals surface area contributed by atoms with Gasteiger partial charge in [0.2, 0.25) is 5.91 Å². The van der Waals surface area contributed by atoms with Crippen molar-refractivity contribution in [3.8, 4) is 0 Å². The zero-order valence-corrected chi connectivity index (χ0v) is 11.1. The molecule has 1 aliphatic heterocycles. The Balaban J connectivity index is 1.79. The highest BCUT2D eigenvalue weighted by molar-refractivity contribution is 9.10. The fourth-order valence-electron chi connectivity index (χ4n) is 1.82. The molecule has 1 aromatic rings. The van der Waals surface area contributed by atoms with E-state index in [1.165, 1.54) is 0 Å². The molecule has 0 saturated carbocycles. The van der Waals surface area contributed by atoms with Gasteiger partial charge in [0.15, 0.2) is 0 Å². The molecule has 1 atom stereocenters. The van der Waals surface area contributed by atoms with Gasteiger partial charge in [0.05, 0.1) is 12.5 Å². The topological polar surface area (TPSA) is 51.2 Å². The number of hydrogen-bond acceptors (Lipinski definition) is 3. The zero-order valence-electron chi connectivity index (χ0n) is 9.49. The molecule has 0 aromatic carbocycles. The van der Waals surface area contributed by atoms with Crippen LogP contribution in [0, 0.1) is 0 Å². The normalized spacial score (nSPS) is 19.2. The average Bonchev–Trinajstić information content (AvgIpc) is 2.82. The van der Waals surface area contributed by atoms with Crippen LogP contribution in [0.3, 0.4) is 0 Å². The third-order valence-corrected chi connectivity index (χ3v) is 3.45. The summed E-state index contributed by atoms with van der Waals surface area (Å²) in [6.07, 6.45) is 4.36. The summed E-state index contributed by atoms with van der Waals surface area (Å²) < 4.78 is 6.17. The number of hydrogen-bond donors (Lipinski definition) is 1. The highest BCUT2D eigenvalue weighted by atomic mass is 79.9. The van der Waals surface area contributed by atoms with Crippen LogP contribution in [0.15, 0.2) is 22.9 Å². The first kappa shape index (κ1) is 12.5. The number of rotatable bonds is 4. The largest absolute Gasteiger partial charge is 0.376 e. The van der Waals surface area contributed by atoms with Crippen molar-refractivity contribution in [3.63, 3.8) is 0 Å². The van der Waals surface area contributed by atoms with Crippen molar-refractivity contribution >= 4 is 21.8 Å². The third kappa shape index (κ3) is 3.78. The summed E-state index contributed by atoms with van der Waals surface area (Å²) in [5.74, 6) is 0.00852. The van der Waals surface area contributed by atoms with Gasteiger partial charge < -0.3 is 10.1 Å². The van der Waals surface area contributed by atoms with Crippen LogP contribution in [0.1, 0.15) is 18.4 Å². The maximum absolute atomic E-state index is 11.7. The monoisotopic (exact) mass is 298 g/mol. The van der Waals surface area contributed by atoms with Crippen molar-refractivity contribution in [2.45, 2.75) is 25.4 Å². The maximum atomic E-state index is 11.7. The highest BCUT2D eigenvalue weighted by Gasteiger charge is 2.16. The molecule has 17 heavy (non-hydrogen) atoms. The zero-order chi connectivity index (χ0) is 12.1. The van der Waals surface area contributed by atoms with E-state index in [0.29, 0.717) is 13.0 Å². The Bertz CT molecular complexity index is 392. The van der Waals surface area contributed by atoms with E-state index in [0.717, 1.165) is 29.6 Å². The molecule has 1 unspecified atom stereocenters. The van der Waals surface area contributed by atoms with Gasteiger partial charge in [-0.25, -0.2) is 4.98 Å². The second-order valence-corrected chi connectivity index (χ2v) is 4.82. The summed E-state index contributed by atoms with van der Waals surface area (Å²) in [6.45, 7) is 1.42. The number of pyridine rings is 1. The number of nitrogens with zero attached hydrogens (tertiary/aromatic N) is 1. The van der Waals surface area contributed by atoms with Crippen molar-refractivity contribution in [2.24, 2.45) is 0 Å². The smallest absolute Gasteiger partial charge is 0.224 e. The van der Waals surface area contributed by atoms with Crippen LogP contribution in [0.25, 0.3) is 0 Å². The lowest BCUT2D eigenvalue weighted by molar-refractivity contribution is -0.120. The minimum absolute atomic E-state index is 0.00852. The Kier molecular flexibility index (Phi) is 4.50. The number of carbonyl (C=O) groups is 1. The summed E-state index contributed by atoms with van der Waals surface area (Å²) in [5.41, 5.74) is 0.900. The predicted octanol–water partition coefficient (Wildman–Crippen LogP) is 1.68.